The van der Waals surface area contributed by atoms with Crippen LogP contribution in [0.15, 0.2) is 58.0 Å². The van der Waals surface area contributed by atoms with Gasteiger partial charge in [-0.25, -0.2) is 10.4 Å². The van der Waals surface area contributed by atoms with Gasteiger partial charge in [0.25, 0.3) is 5.91 Å². The predicted octanol–water partition coefficient (Wildman–Crippen LogP) is 4.58. The highest BCUT2D eigenvalue weighted by atomic mass is 35.5. The van der Waals surface area contributed by atoms with Crippen LogP contribution in [0, 0.1) is 0 Å². The van der Waals surface area contributed by atoms with Crippen molar-refractivity contribution in [2.24, 2.45) is 5.10 Å². The van der Waals surface area contributed by atoms with Crippen molar-refractivity contribution in [2.45, 2.75) is 16.5 Å². The lowest BCUT2D eigenvalue weighted by Crippen LogP contribution is -2.26. The maximum absolute atomic E-state index is 12.1. The summed E-state index contributed by atoms with van der Waals surface area (Å²) >= 11 is 8.91. The van der Waals surface area contributed by atoms with E-state index in [0.717, 1.165) is 20.1 Å². The third kappa shape index (κ3) is 4.35. The minimum atomic E-state index is -0.290. The minimum Gasteiger partial charge on any atom is -0.272 e. The van der Waals surface area contributed by atoms with E-state index in [1.165, 1.54) is 11.8 Å². The molecule has 0 saturated carbocycles. The lowest BCUT2D eigenvalue weighted by molar-refractivity contribution is -0.120. The largest absolute Gasteiger partial charge is 0.272 e. The number of nitrogens with zero attached hydrogens (tertiary/aromatic N) is 2. The van der Waals surface area contributed by atoms with Crippen molar-refractivity contribution in [3.63, 3.8) is 0 Å². The molecule has 0 bridgehead atoms. The Kier molecular flexibility index (Phi) is 5.50. The van der Waals surface area contributed by atoms with E-state index in [0.29, 0.717) is 5.02 Å². The molecule has 2 aromatic carbocycles. The number of amides is 1. The van der Waals surface area contributed by atoms with Crippen LogP contribution in [-0.2, 0) is 4.79 Å². The first kappa shape index (κ1) is 17.0. The summed E-state index contributed by atoms with van der Waals surface area (Å²) in [6, 6.07) is 15.2. The number of hydrazone groups is 1. The molecule has 7 heteroatoms. The summed E-state index contributed by atoms with van der Waals surface area (Å²) < 4.78 is 1.99. The molecule has 0 aliphatic rings. The van der Waals surface area contributed by atoms with Gasteiger partial charge in [0.05, 0.1) is 21.7 Å². The second-order valence-electron chi connectivity index (χ2n) is 5.00. The van der Waals surface area contributed by atoms with Crippen LogP contribution in [0.25, 0.3) is 10.2 Å². The zero-order valence-corrected chi connectivity index (χ0v) is 15.2. The number of fused-ring (bicyclic) bond motifs is 1. The zero-order valence-electron chi connectivity index (χ0n) is 12.8. The number of halogens is 1. The Labute approximate surface area is 152 Å². The minimum absolute atomic E-state index is 0.169. The van der Waals surface area contributed by atoms with Crippen LogP contribution < -0.4 is 5.43 Å². The van der Waals surface area contributed by atoms with Crippen LogP contribution >= 0.6 is 34.7 Å². The maximum atomic E-state index is 12.1. The van der Waals surface area contributed by atoms with Crippen molar-refractivity contribution in [3.8, 4) is 0 Å². The Morgan fingerprint density at radius 3 is 2.96 bits per heavy atom. The Morgan fingerprint density at radius 1 is 1.33 bits per heavy atom. The van der Waals surface area contributed by atoms with E-state index in [1.807, 2.05) is 43.3 Å². The third-order valence-electron chi connectivity index (χ3n) is 3.16. The van der Waals surface area contributed by atoms with Gasteiger partial charge in [0, 0.05) is 5.02 Å². The van der Waals surface area contributed by atoms with Gasteiger partial charge in [0.15, 0.2) is 4.34 Å². The van der Waals surface area contributed by atoms with E-state index < -0.39 is 0 Å². The summed E-state index contributed by atoms with van der Waals surface area (Å²) in [4.78, 5) is 16.6. The van der Waals surface area contributed by atoms with Gasteiger partial charge in [-0.2, -0.15) is 5.10 Å². The van der Waals surface area contributed by atoms with Crippen molar-refractivity contribution in [1.29, 1.82) is 0 Å². The lowest BCUT2D eigenvalue weighted by Gasteiger charge is -2.06. The fourth-order valence-electron chi connectivity index (χ4n) is 1.95. The van der Waals surface area contributed by atoms with E-state index in [1.54, 1.807) is 29.7 Å². The molecule has 4 nitrogen and oxygen atoms in total. The number of aromatic nitrogens is 1. The Hall–Kier alpha value is -1.89. The summed E-state index contributed by atoms with van der Waals surface area (Å²) in [7, 11) is 0. The summed E-state index contributed by atoms with van der Waals surface area (Å²) in [5.74, 6) is -0.169. The molecule has 0 aliphatic carbocycles. The van der Waals surface area contributed by atoms with Crippen molar-refractivity contribution < 1.29 is 4.79 Å². The van der Waals surface area contributed by atoms with Gasteiger partial charge >= 0.3 is 0 Å². The smallest absolute Gasteiger partial charge is 0.253 e. The highest BCUT2D eigenvalue weighted by Gasteiger charge is 2.16. The number of thiazole rings is 1. The molecule has 24 heavy (non-hydrogen) atoms. The summed E-state index contributed by atoms with van der Waals surface area (Å²) in [5.41, 5.74) is 4.33. The fourth-order valence-corrected chi connectivity index (χ4v) is 4.36. The molecule has 1 aromatic heterocycles. The number of carbonyl (C=O) groups excluding carboxylic acids is 1. The van der Waals surface area contributed by atoms with Crippen LogP contribution in [0.1, 0.15) is 12.5 Å². The van der Waals surface area contributed by atoms with Crippen LogP contribution in [0.2, 0.25) is 5.02 Å². The summed E-state index contributed by atoms with van der Waals surface area (Å²) in [6.07, 6.45) is 1.57. The van der Waals surface area contributed by atoms with Gasteiger partial charge in [-0.05, 0) is 36.8 Å². The normalized spacial score (nSPS) is 12.6. The standard InChI is InChI=1S/C17H14ClN3OS2/c1-11(23-17-20-14-7-2-3-8-15(14)24-17)16(22)21-19-10-12-5-4-6-13(18)9-12/h2-11H,1H3,(H,21,22)/b19-10-/t11-/m1/s1. The molecular formula is C17H14ClN3OS2. The number of rotatable bonds is 5. The highest BCUT2D eigenvalue weighted by molar-refractivity contribution is 8.02. The topological polar surface area (TPSA) is 54.4 Å². The van der Waals surface area contributed by atoms with Crippen LogP contribution in [0.3, 0.4) is 0 Å². The number of hydrogen-bond acceptors (Lipinski definition) is 5. The molecule has 122 valence electrons. The lowest BCUT2D eigenvalue weighted by atomic mass is 10.2. The Bertz CT molecular complexity index is 861. The van der Waals surface area contributed by atoms with Crippen molar-refractivity contribution in [2.75, 3.05) is 0 Å². The molecule has 0 aliphatic heterocycles. The van der Waals surface area contributed by atoms with E-state index in [2.05, 4.69) is 15.5 Å². The number of hydrogen-bond donors (Lipinski definition) is 1. The van der Waals surface area contributed by atoms with Crippen molar-refractivity contribution in [3.05, 3.63) is 59.1 Å². The summed E-state index contributed by atoms with van der Waals surface area (Å²) in [5, 5.41) is 4.31. The van der Waals surface area contributed by atoms with Crippen LogP contribution in [0.4, 0.5) is 0 Å². The average Bonchev–Trinajstić information content (AvgIpc) is 2.97. The molecule has 1 amide bonds. The first-order valence-electron chi connectivity index (χ1n) is 7.22. The van der Waals surface area contributed by atoms with Gasteiger partial charge in [0.1, 0.15) is 0 Å². The number of para-hydroxylation sites is 1. The van der Waals surface area contributed by atoms with Gasteiger partial charge in [-0.1, -0.05) is 47.6 Å². The Morgan fingerprint density at radius 2 is 2.17 bits per heavy atom. The summed E-state index contributed by atoms with van der Waals surface area (Å²) in [6.45, 7) is 1.83. The molecule has 0 unspecified atom stereocenters. The van der Waals surface area contributed by atoms with E-state index in [4.69, 9.17) is 11.6 Å². The third-order valence-corrected chi connectivity index (χ3v) is 5.62. The Balaban J connectivity index is 1.58. The van der Waals surface area contributed by atoms with Crippen LogP contribution in [0.5, 0.6) is 0 Å². The maximum Gasteiger partial charge on any atom is 0.253 e. The highest BCUT2D eigenvalue weighted by Crippen LogP contribution is 2.31. The van der Waals surface area contributed by atoms with Gasteiger partial charge < -0.3 is 0 Å². The van der Waals surface area contributed by atoms with E-state index in [-0.39, 0.29) is 11.2 Å². The molecule has 3 aromatic rings. The van der Waals surface area contributed by atoms with E-state index in [9.17, 15) is 4.79 Å². The van der Waals surface area contributed by atoms with Crippen LogP contribution in [-0.4, -0.2) is 22.4 Å². The number of nitrogens with one attached hydrogen (secondary N) is 1. The number of thioether (sulfide) groups is 1. The molecule has 0 radical (unpaired) electrons. The second-order valence-corrected chi connectivity index (χ2v) is 8.05. The van der Waals surface area contributed by atoms with Gasteiger partial charge in [-0.15, -0.1) is 11.3 Å². The zero-order chi connectivity index (χ0) is 16.9. The molecule has 1 atom stereocenters. The first-order valence-corrected chi connectivity index (χ1v) is 9.30. The van der Waals surface area contributed by atoms with Gasteiger partial charge in [0.2, 0.25) is 0 Å². The van der Waals surface area contributed by atoms with E-state index >= 15 is 0 Å². The predicted molar refractivity (Wildman–Crippen MR) is 102 cm³/mol. The number of carbonyl (C=O) groups is 1. The van der Waals surface area contributed by atoms with Crippen molar-refractivity contribution >= 4 is 57.0 Å². The molecular weight excluding hydrogens is 362 g/mol. The monoisotopic (exact) mass is 375 g/mol. The van der Waals surface area contributed by atoms with Gasteiger partial charge in [-0.3, -0.25) is 4.79 Å². The van der Waals surface area contributed by atoms with Crippen molar-refractivity contribution in [1.82, 2.24) is 10.4 Å². The molecule has 0 saturated heterocycles. The fraction of sp³-hybridized carbons (Fsp3) is 0.118. The first-order chi connectivity index (χ1) is 11.6. The number of benzene rings is 2. The quantitative estimate of drug-likeness (QED) is 0.403. The molecule has 1 heterocycles. The molecule has 3 rings (SSSR count). The average molecular weight is 376 g/mol. The SMILES string of the molecule is C[C@@H](Sc1nc2ccccc2s1)C(=O)N/N=C\c1cccc(Cl)c1. The molecule has 1 N–H and O–H groups in total. The molecule has 0 fully saturated rings. The second kappa shape index (κ2) is 7.79. The molecule has 0 spiro atoms.